The first-order chi connectivity index (χ1) is 13.6. The number of imidazole rings is 1. The largest absolute Gasteiger partial charge is 0.493 e. The number of benzene rings is 2. The van der Waals surface area contributed by atoms with Gasteiger partial charge in [0.2, 0.25) is 0 Å². The zero-order valence-electron chi connectivity index (χ0n) is 17.0. The van der Waals surface area contributed by atoms with E-state index in [1.54, 1.807) is 14.2 Å². The van der Waals surface area contributed by atoms with Crippen molar-refractivity contribution in [1.29, 1.82) is 0 Å². The van der Waals surface area contributed by atoms with Crippen molar-refractivity contribution in [2.75, 3.05) is 20.8 Å². The molecule has 156 valence electrons. The lowest BCUT2D eigenvalue weighted by molar-refractivity contribution is 0.354. The first kappa shape index (κ1) is 22.8. The lowest BCUT2D eigenvalue weighted by atomic mass is 10.2. The van der Waals surface area contributed by atoms with Crippen LogP contribution in [0, 0.1) is 6.92 Å². The van der Waals surface area contributed by atoms with Gasteiger partial charge in [0.1, 0.15) is 5.82 Å². The molecule has 0 atom stereocenters. The summed E-state index contributed by atoms with van der Waals surface area (Å²) in [5.41, 5.74) is 9.19. The minimum atomic E-state index is 0. The molecule has 0 saturated carbocycles. The number of halogens is 1. The molecule has 3 N–H and O–H groups in total. The minimum Gasteiger partial charge on any atom is -0.493 e. The van der Waals surface area contributed by atoms with Gasteiger partial charge in [-0.05, 0) is 43.2 Å². The maximum atomic E-state index is 5.99. The Morgan fingerprint density at radius 3 is 2.66 bits per heavy atom. The van der Waals surface area contributed by atoms with Gasteiger partial charge in [0.25, 0.3) is 0 Å². The molecule has 8 heteroatoms. The molecule has 0 fully saturated rings. The highest BCUT2D eigenvalue weighted by atomic mass is 127. The van der Waals surface area contributed by atoms with Crippen LogP contribution in [-0.4, -0.2) is 36.3 Å². The maximum absolute atomic E-state index is 5.99. The SMILES string of the molecule is COc1ccc(CN=C(N)NCCCn2c(C)nc3ccccc32)cc1OC.I. The third-order valence-corrected chi connectivity index (χ3v) is 4.59. The average molecular weight is 509 g/mol. The fourth-order valence-corrected chi connectivity index (χ4v) is 3.14. The van der Waals surface area contributed by atoms with Crippen LogP contribution in [0.5, 0.6) is 11.5 Å². The Hall–Kier alpha value is -2.49. The molecule has 2 aromatic carbocycles. The number of aromatic nitrogens is 2. The maximum Gasteiger partial charge on any atom is 0.188 e. The fraction of sp³-hybridized carbons (Fsp3) is 0.333. The molecule has 1 heterocycles. The Labute approximate surface area is 188 Å². The van der Waals surface area contributed by atoms with E-state index in [0.29, 0.717) is 24.0 Å². The van der Waals surface area contributed by atoms with Gasteiger partial charge in [0.15, 0.2) is 17.5 Å². The van der Waals surface area contributed by atoms with E-state index in [2.05, 4.69) is 25.9 Å². The predicted octanol–water partition coefficient (Wildman–Crippen LogP) is 3.47. The van der Waals surface area contributed by atoms with E-state index in [9.17, 15) is 0 Å². The van der Waals surface area contributed by atoms with Gasteiger partial charge in [-0.1, -0.05) is 18.2 Å². The van der Waals surface area contributed by atoms with Gasteiger partial charge in [-0.3, -0.25) is 0 Å². The second kappa shape index (κ2) is 10.9. The number of aliphatic imine (C=N–C) groups is 1. The van der Waals surface area contributed by atoms with Crippen LogP contribution in [0.4, 0.5) is 0 Å². The summed E-state index contributed by atoms with van der Waals surface area (Å²) in [6.45, 7) is 4.13. The van der Waals surface area contributed by atoms with Crippen LogP contribution in [0.25, 0.3) is 11.0 Å². The van der Waals surface area contributed by atoms with E-state index in [1.807, 2.05) is 43.3 Å². The van der Waals surface area contributed by atoms with Crippen molar-refractivity contribution < 1.29 is 9.47 Å². The number of aryl methyl sites for hydroxylation is 2. The molecule has 0 aliphatic heterocycles. The zero-order valence-corrected chi connectivity index (χ0v) is 19.3. The van der Waals surface area contributed by atoms with Crippen molar-refractivity contribution in [3.05, 3.63) is 53.9 Å². The molecule has 1 aromatic heterocycles. The molecule has 29 heavy (non-hydrogen) atoms. The van der Waals surface area contributed by atoms with E-state index in [4.69, 9.17) is 15.2 Å². The number of nitrogens with zero attached hydrogens (tertiary/aromatic N) is 3. The molecule has 0 saturated heterocycles. The summed E-state index contributed by atoms with van der Waals surface area (Å²) in [5, 5.41) is 3.17. The number of guanidine groups is 1. The molecule has 0 aliphatic rings. The Morgan fingerprint density at radius 2 is 1.90 bits per heavy atom. The number of para-hydroxylation sites is 2. The first-order valence-corrected chi connectivity index (χ1v) is 9.29. The van der Waals surface area contributed by atoms with Crippen LogP contribution >= 0.6 is 24.0 Å². The number of hydrogen-bond donors (Lipinski definition) is 2. The van der Waals surface area contributed by atoms with E-state index in [1.165, 1.54) is 0 Å². The van der Waals surface area contributed by atoms with Crippen LogP contribution in [0.15, 0.2) is 47.5 Å². The van der Waals surface area contributed by atoms with Crippen LogP contribution in [-0.2, 0) is 13.1 Å². The third-order valence-electron chi connectivity index (χ3n) is 4.59. The Balaban J connectivity index is 0.00000300. The van der Waals surface area contributed by atoms with Crippen molar-refractivity contribution in [3.8, 4) is 11.5 Å². The molecular formula is C21H28IN5O2. The zero-order chi connectivity index (χ0) is 19.9. The lowest BCUT2D eigenvalue weighted by Gasteiger charge is -2.10. The smallest absolute Gasteiger partial charge is 0.188 e. The van der Waals surface area contributed by atoms with Gasteiger partial charge in [-0.25, -0.2) is 9.98 Å². The lowest BCUT2D eigenvalue weighted by Crippen LogP contribution is -2.32. The molecular weight excluding hydrogens is 481 g/mol. The Kier molecular flexibility index (Phi) is 8.56. The number of nitrogens with one attached hydrogen (secondary N) is 1. The van der Waals surface area contributed by atoms with Crippen LogP contribution in [0.1, 0.15) is 17.8 Å². The van der Waals surface area contributed by atoms with Gasteiger partial charge in [0.05, 0.1) is 31.8 Å². The minimum absolute atomic E-state index is 0. The highest BCUT2D eigenvalue weighted by Gasteiger charge is 2.06. The monoisotopic (exact) mass is 509 g/mol. The van der Waals surface area contributed by atoms with E-state index in [-0.39, 0.29) is 24.0 Å². The second-order valence-electron chi connectivity index (χ2n) is 6.47. The quantitative estimate of drug-likeness (QED) is 0.210. The Bertz CT molecular complexity index is 971. The topological polar surface area (TPSA) is 86.7 Å². The number of fused-ring (bicyclic) bond motifs is 1. The standard InChI is InChI=1S/C21H27N5O2.HI/c1-15-25-17-7-4-5-8-18(17)26(15)12-6-11-23-21(22)24-14-16-9-10-19(27-2)20(13-16)28-3;/h4-5,7-10,13H,6,11-12,14H2,1-3H3,(H3,22,23,24);1H. The van der Waals surface area contributed by atoms with Gasteiger partial charge >= 0.3 is 0 Å². The summed E-state index contributed by atoms with van der Waals surface area (Å²) in [6, 6.07) is 13.9. The fourth-order valence-electron chi connectivity index (χ4n) is 3.14. The van der Waals surface area contributed by atoms with E-state index in [0.717, 1.165) is 41.9 Å². The van der Waals surface area contributed by atoms with Crippen LogP contribution in [0.3, 0.4) is 0 Å². The van der Waals surface area contributed by atoms with Gasteiger partial charge in [-0.15, -0.1) is 24.0 Å². The van der Waals surface area contributed by atoms with Crippen molar-refractivity contribution >= 4 is 41.0 Å². The molecule has 0 unspecified atom stereocenters. The summed E-state index contributed by atoms with van der Waals surface area (Å²) in [4.78, 5) is 8.99. The van der Waals surface area contributed by atoms with Gasteiger partial charge < -0.3 is 25.1 Å². The highest BCUT2D eigenvalue weighted by molar-refractivity contribution is 14.0. The summed E-state index contributed by atoms with van der Waals surface area (Å²) in [7, 11) is 3.23. The normalized spacial score (nSPS) is 11.2. The summed E-state index contributed by atoms with van der Waals surface area (Å²) < 4.78 is 12.8. The van der Waals surface area contributed by atoms with Crippen molar-refractivity contribution in [2.24, 2.45) is 10.7 Å². The molecule has 0 amide bonds. The third kappa shape index (κ3) is 5.75. The predicted molar refractivity (Wildman–Crippen MR) is 127 cm³/mol. The van der Waals surface area contributed by atoms with Crippen LogP contribution < -0.4 is 20.5 Å². The second-order valence-corrected chi connectivity index (χ2v) is 6.47. The molecule has 0 aliphatic carbocycles. The summed E-state index contributed by atoms with van der Waals surface area (Å²) in [6.07, 6.45) is 0.924. The molecule has 7 nitrogen and oxygen atoms in total. The van der Waals surface area contributed by atoms with Crippen molar-refractivity contribution in [2.45, 2.75) is 26.4 Å². The van der Waals surface area contributed by atoms with Gasteiger partial charge in [-0.2, -0.15) is 0 Å². The number of methoxy groups -OCH3 is 2. The molecule has 0 spiro atoms. The summed E-state index contributed by atoms with van der Waals surface area (Å²) >= 11 is 0. The number of hydrogen-bond acceptors (Lipinski definition) is 4. The summed E-state index contributed by atoms with van der Waals surface area (Å²) in [5.74, 6) is 2.84. The first-order valence-electron chi connectivity index (χ1n) is 9.29. The van der Waals surface area contributed by atoms with E-state index >= 15 is 0 Å². The van der Waals surface area contributed by atoms with E-state index < -0.39 is 0 Å². The number of nitrogens with two attached hydrogens (primary N) is 1. The molecule has 3 aromatic rings. The molecule has 0 radical (unpaired) electrons. The molecule has 3 rings (SSSR count). The Morgan fingerprint density at radius 1 is 1.14 bits per heavy atom. The van der Waals surface area contributed by atoms with Crippen LogP contribution in [0.2, 0.25) is 0 Å². The molecule has 0 bridgehead atoms. The highest BCUT2D eigenvalue weighted by Crippen LogP contribution is 2.27. The van der Waals surface area contributed by atoms with Crippen molar-refractivity contribution in [3.63, 3.8) is 0 Å². The number of ether oxygens (including phenoxy) is 2. The van der Waals surface area contributed by atoms with Gasteiger partial charge in [0, 0.05) is 13.1 Å². The van der Waals surface area contributed by atoms with Crippen molar-refractivity contribution in [1.82, 2.24) is 14.9 Å². The number of rotatable bonds is 8. The average Bonchev–Trinajstić information content (AvgIpc) is 3.04.